The summed E-state index contributed by atoms with van der Waals surface area (Å²) in [7, 11) is 0. The Hall–Kier alpha value is -1.01. The summed E-state index contributed by atoms with van der Waals surface area (Å²) in [5, 5.41) is 15.1. The van der Waals surface area contributed by atoms with Crippen molar-refractivity contribution in [2.75, 3.05) is 6.61 Å². The predicted molar refractivity (Wildman–Crippen MR) is 29.2 cm³/mol. The molecule has 2 N–H and O–H groups in total. The first-order valence-electron chi connectivity index (χ1n) is 1.99. The summed E-state index contributed by atoms with van der Waals surface area (Å²) >= 11 is 0. The van der Waals surface area contributed by atoms with Crippen molar-refractivity contribution in [2.24, 2.45) is 0 Å². The molecule has 8 heavy (non-hydrogen) atoms. The Bertz CT molecular complexity index is 90.3. The first-order valence-corrected chi connectivity index (χ1v) is 1.99. The molecule has 0 aliphatic rings. The van der Waals surface area contributed by atoms with Crippen LogP contribution in [0.3, 0.4) is 0 Å². The number of carboxylic acids is 1. The van der Waals surface area contributed by atoms with E-state index < -0.39 is 5.97 Å². The minimum atomic E-state index is -1.22. The Labute approximate surface area is 48.0 Å². The summed E-state index contributed by atoms with van der Waals surface area (Å²) in [6, 6.07) is 0. The summed E-state index contributed by atoms with van der Waals surface area (Å²) in [5.74, 6) is 0.227. The van der Waals surface area contributed by atoms with E-state index in [9.17, 15) is 0 Å². The zero-order chi connectivity index (χ0) is 6.99. The van der Waals surface area contributed by atoms with E-state index in [1.807, 2.05) is 0 Å². The van der Waals surface area contributed by atoms with Crippen LogP contribution in [0.15, 0.2) is 0 Å². The summed E-state index contributed by atoms with van der Waals surface area (Å²) in [4.78, 5) is 9.13. The van der Waals surface area contributed by atoms with Crippen molar-refractivity contribution in [3.63, 3.8) is 0 Å². The molecule has 0 spiro atoms. The average Bonchev–Trinajstić information content (AvgIpc) is 1.69. The van der Waals surface area contributed by atoms with Gasteiger partial charge in [0, 0.05) is 12.5 Å². The van der Waals surface area contributed by atoms with E-state index in [-0.39, 0.29) is 6.61 Å². The number of rotatable bonds is 0. The zero-order valence-corrected chi connectivity index (χ0v) is 4.59. The van der Waals surface area contributed by atoms with Gasteiger partial charge >= 0.3 is 5.97 Å². The Morgan fingerprint density at radius 3 is 2.00 bits per heavy atom. The highest BCUT2D eigenvalue weighted by Gasteiger charge is 1.74. The van der Waals surface area contributed by atoms with Crippen molar-refractivity contribution in [1.82, 2.24) is 0 Å². The highest BCUT2D eigenvalue weighted by molar-refractivity contribution is 5.85. The van der Waals surface area contributed by atoms with Crippen molar-refractivity contribution < 1.29 is 15.0 Å². The van der Waals surface area contributed by atoms with Crippen LogP contribution < -0.4 is 0 Å². The van der Waals surface area contributed by atoms with Crippen LogP contribution in [0.5, 0.6) is 0 Å². The fraction of sp³-hybridized carbons (Fsp3) is 0.400. The molecule has 0 aliphatic heterocycles. The van der Waals surface area contributed by atoms with E-state index in [1.54, 1.807) is 6.92 Å². The normalized spacial score (nSPS) is 5.62. The van der Waals surface area contributed by atoms with Gasteiger partial charge in [-0.25, -0.2) is 4.79 Å². The van der Waals surface area contributed by atoms with Gasteiger partial charge < -0.3 is 10.2 Å². The molecule has 0 heterocycles. The molecule has 0 rings (SSSR count). The van der Waals surface area contributed by atoms with E-state index in [4.69, 9.17) is 15.0 Å². The van der Waals surface area contributed by atoms with Gasteiger partial charge in [-0.15, -0.1) is 6.42 Å². The Kier molecular flexibility index (Phi) is 11.8. The number of terminal acetylenes is 1. The van der Waals surface area contributed by atoms with E-state index in [0.717, 1.165) is 0 Å². The lowest BCUT2D eigenvalue weighted by atomic mass is 10.7. The van der Waals surface area contributed by atoms with Gasteiger partial charge in [-0.1, -0.05) is 0 Å². The fourth-order valence-corrected chi connectivity index (χ4v) is 0. The lowest BCUT2D eigenvalue weighted by Gasteiger charge is -1.60. The van der Waals surface area contributed by atoms with Gasteiger partial charge in [0.25, 0.3) is 0 Å². The Morgan fingerprint density at radius 1 is 1.88 bits per heavy atom. The van der Waals surface area contributed by atoms with Crippen LogP contribution in [0.25, 0.3) is 0 Å². The van der Waals surface area contributed by atoms with E-state index >= 15 is 0 Å². The molecule has 0 saturated heterocycles. The SMILES string of the molecule is C#CC(=O)O.CCO. The number of hydrogen-bond acceptors (Lipinski definition) is 2. The van der Waals surface area contributed by atoms with Crippen LogP contribution in [0.1, 0.15) is 6.92 Å². The second-order valence-electron chi connectivity index (χ2n) is 0.766. The summed E-state index contributed by atoms with van der Waals surface area (Å²) in [5.41, 5.74) is 0. The molecule has 0 aromatic heterocycles. The molecule has 0 bridgehead atoms. The zero-order valence-electron chi connectivity index (χ0n) is 4.59. The van der Waals surface area contributed by atoms with Crippen LogP contribution in [-0.4, -0.2) is 22.8 Å². The Balaban J connectivity index is 0. The topological polar surface area (TPSA) is 57.5 Å². The summed E-state index contributed by atoms with van der Waals surface area (Å²) in [6.45, 7) is 1.93. The second-order valence-corrected chi connectivity index (χ2v) is 0.766. The Morgan fingerprint density at radius 2 is 2.00 bits per heavy atom. The molecule has 0 aromatic carbocycles. The van der Waals surface area contributed by atoms with Crippen molar-refractivity contribution in [1.29, 1.82) is 0 Å². The molecule has 0 saturated carbocycles. The van der Waals surface area contributed by atoms with Gasteiger partial charge in [0.15, 0.2) is 0 Å². The second kappa shape index (κ2) is 9.37. The quantitative estimate of drug-likeness (QED) is 0.427. The standard InChI is InChI=1S/C3H2O2.C2H6O/c1-2-3(4)5;1-2-3/h1H,(H,4,5);3H,2H2,1H3. The third kappa shape index (κ3) is 81.1. The molecule has 0 amide bonds. The largest absolute Gasteiger partial charge is 0.472 e. The van der Waals surface area contributed by atoms with E-state index in [1.165, 1.54) is 5.92 Å². The highest BCUT2D eigenvalue weighted by atomic mass is 16.4. The molecule has 0 aliphatic carbocycles. The maximum Gasteiger partial charge on any atom is 0.381 e. The summed E-state index contributed by atoms with van der Waals surface area (Å²) in [6.07, 6.45) is 4.32. The van der Waals surface area contributed by atoms with E-state index in [2.05, 4.69) is 6.42 Å². The highest BCUT2D eigenvalue weighted by Crippen LogP contribution is 1.44. The van der Waals surface area contributed by atoms with Gasteiger partial charge in [0.05, 0.1) is 0 Å². The number of aliphatic hydroxyl groups is 1. The van der Waals surface area contributed by atoms with Crippen molar-refractivity contribution in [2.45, 2.75) is 6.92 Å². The maximum atomic E-state index is 9.13. The van der Waals surface area contributed by atoms with Crippen molar-refractivity contribution in [3.8, 4) is 12.3 Å². The molecular formula is C5H8O3. The molecule has 0 atom stereocenters. The van der Waals surface area contributed by atoms with Gasteiger partial charge in [0.2, 0.25) is 0 Å². The van der Waals surface area contributed by atoms with Crippen molar-refractivity contribution >= 4 is 5.97 Å². The molecule has 0 aromatic rings. The van der Waals surface area contributed by atoms with Crippen LogP contribution >= 0.6 is 0 Å². The smallest absolute Gasteiger partial charge is 0.381 e. The lowest BCUT2D eigenvalue weighted by Crippen LogP contribution is -1.83. The number of aliphatic carboxylic acids is 1. The number of carbonyl (C=O) groups is 1. The third-order valence-electron chi connectivity index (χ3n) is 0.123. The van der Waals surface area contributed by atoms with Gasteiger partial charge in [0.1, 0.15) is 0 Å². The molecule has 46 valence electrons. The first kappa shape index (κ1) is 10.1. The molecule has 0 fully saturated rings. The molecule has 3 nitrogen and oxygen atoms in total. The monoisotopic (exact) mass is 116 g/mol. The number of aliphatic hydroxyl groups excluding tert-OH is 1. The van der Waals surface area contributed by atoms with Crippen LogP contribution in [0.4, 0.5) is 0 Å². The fourth-order valence-electron chi connectivity index (χ4n) is 0. The minimum absolute atomic E-state index is 0.250. The van der Waals surface area contributed by atoms with Crippen molar-refractivity contribution in [3.05, 3.63) is 0 Å². The predicted octanol–water partition coefficient (Wildman–Crippen LogP) is -0.297. The molecule has 0 unspecified atom stereocenters. The lowest BCUT2D eigenvalue weighted by molar-refractivity contribution is -0.130. The number of hydrogen-bond donors (Lipinski definition) is 2. The van der Waals surface area contributed by atoms with Crippen LogP contribution in [0, 0.1) is 12.3 Å². The molecule has 0 radical (unpaired) electrons. The molecule has 3 heteroatoms. The molecular weight excluding hydrogens is 108 g/mol. The number of carboxylic acid groups (broad SMARTS) is 1. The summed E-state index contributed by atoms with van der Waals surface area (Å²) < 4.78 is 0. The first-order chi connectivity index (χ1) is 3.68. The van der Waals surface area contributed by atoms with E-state index in [0.29, 0.717) is 0 Å². The van der Waals surface area contributed by atoms with Gasteiger partial charge in [-0.05, 0) is 6.92 Å². The van der Waals surface area contributed by atoms with Gasteiger partial charge in [-0.3, -0.25) is 0 Å². The third-order valence-corrected chi connectivity index (χ3v) is 0.123. The maximum absolute atomic E-state index is 9.13. The van der Waals surface area contributed by atoms with Gasteiger partial charge in [-0.2, -0.15) is 0 Å². The van der Waals surface area contributed by atoms with Crippen LogP contribution in [-0.2, 0) is 4.79 Å². The minimum Gasteiger partial charge on any atom is -0.472 e. The van der Waals surface area contributed by atoms with Crippen LogP contribution in [0.2, 0.25) is 0 Å². The average molecular weight is 116 g/mol.